The molecule has 0 amide bonds. The van der Waals surface area contributed by atoms with E-state index in [2.05, 4.69) is 54.7 Å². The summed E-state index contributed by atoms with van der Waals surface area (Å²) >= 11 is 0. The molecule has 0 spiro atoms. The topological polar surface area (TPSA) is 115 Å². The third-order valence-electron chi connectivity index (χ3n) is 5.29. The number of aromatic nitrogens is 8. The zero-order valence-corrected chi connectivity index (χ0v) is 18.3. The van der Waals surface area contributed by atoms with Crippen molar-refractivity contribution >= 4 is 5.78 Å². The van der Waals surface area contributed by atoms with Gasteiger partial charge in [-0.1, -0.05) is 51.0 Å². The van der Waals surface area contributed by atoms with Gasteiger partial charge in [-0.2, -0.15) is 0 Å². The molecule has 0 fully saturated rings. The molecule has 0 aliphatic carbocycles. The fraction of sp³-hybridized carbons (Fsp3) is 0.348. The monoisotopic (exact) mass is 430 g/mol. The van der Waals surface area contributed by atoms with Gasteiger partial charge in [-0.25, -0.2) is 14.8 Å². The number of benzene rings is 1. The first-order valence-electron chi connectivity index (χ1n) is 10.9. The van der Waals surface area contributed by atoms with Gasteiger partial charge in [0.25, 0.3) is 0 Å². The van der Waals surface area contributed by atoms with E-state index < -0.39 is 0 Å². The van der Waals surface area contributed by atoms with E-state index in [1.165, 1.54) is 0 Å². The summed E-state index contributed by atoms with van der Waals surface area (Å²) in [7, 11) is 0. The lowest BCUT2D eigenvalue weighted by atomic mass is 10.0. The summed E-state index contributed by atoms with van der Waals surface area (Å²) in [5, 5.41) is 18.6. The predicted octanol–water partition coefficient (Wildman–Crippen LogP) is 3.89. The number of rotatable bonds is 10. The van der Waals surface area contributed by atoms with Crippen LogP contribution in [-0.4, -0.2) is 46.2 Å². The molecule has 32 heavy (non-hydrogen) atoms. The molecule has 4 aromatic rings. The quantitative estimate of drug-likeness (QED) is 0.300. The highest BCUT2D eigenvalue weighted by atomic mass is 16.1. The Bertz CT molecular complexity index is 1170. The van der Waals surface area contributed by atoms with Crippen LogP contribution in [0.4, 0.5) is 0 Å². The minimum absolute atomic E-state index is 0.0274. The molecule has 9 nitrogen and oxygen atoms in total. The molecule has 1 aromatic carbocycles. The zero-order valence-electron chi connectivity index (χ0n) is 18.3. The SMILES string of the molecule is CCCCCn1nc(C(=O)CC)nc1Cc1ccc(-c2ncccc2-c2nnn[nH]2)cc1. The smallest absolute Gasteiger partial charge is 0.217 e. The van der Waals surface area contributed by atoms with Crippen molar-refractivity contribution in [3.05, 3.63) is 59.8 Å². The lowest BCUT2D eigenvalue weighted by molar-refractivity contribution is 0.0978. The van der Waals surface area contributed by atoms with E-state index in [1.807, 2.05) is 35.9 Å². The molecular formula is C23H26N8O. The molecule has 3 aromatic heterocycles. The summed E-state index contributed by atoms with van der Waals surface area (Å²) in [5.41, 5.74) is 3.69. The molecule has 0 radical (unpaired) electrons. The van der Waals surface area contributed by atoms with Crippen molar-refractivity contribution < 1.29 is 4.79 Å². The van der Waals surface area contributed by atoms with E-state index in [0.717, 1.165) is 54.0 Å². The predicted molar refractivity (Wildman–Crippen MR) is 120 cm³/mol. The number of unbranched alkanes of at least 4 members (excludes halogenated alkanes) is 2. The van der Waals surface area contributed by atoms with E-state index in [0.29, 0.717) is 24.5 Å². The molecular weight excluding hydrogens is 404 g/mol. The first-order chi connectivity index (χ1) is 15.7. The number of nitrogens with zero attached hydrogens (tertiary/aromatic N) is 7. The van der Waals surface area contributed by atoms with Gasteiger partial charge in [-0.05, 0) is 34.5 Å². The van der Waals surface area contributed by atoms with E-state index in [1.54, 1.807) is 6.20 Å². The molecule has 0 atom stereocenters. The van der Waals surface area contributed by atoms with Gasteiger partial charge in [0, 0.05) is 36.7 Å². The highest BCUT2D eigenvalue weighted by Crippen LogP contribution is 2.27. The Balaban J connectivity index is 1.57. The van der Waals surface area contributed by atoms with Gasteiger partial charge in [0.2, 0.25) is 11.6 Å². The number of hydrogen-bond acceptors (Lipinski definition) is 7. The number of Topliss-reactive ketones (excluding diaryl/α,β-unsaturated/α-hetero) is 1. The molecule has 3 heterocycles. The summed E-state index contributed by atoms with van der Waals surface area (Å²) < 4.78 is 1.89. The number of tetrazole rings is 1. The van der Waals surface area contributed by atoms with Gasteiger partial charge in [0.05, 0.1) is 5.69 Å². The molecule has 0 saturated carbocycles. The van der Waals surface area contributed by atoms with Crippen LogP contribution in [0.15, 0.2) is 42.6 Å². The Morgan fingerprint density at radius 2 is 1.94 bits per heavy atom. The van der Waals surface area contributed by atoms with Crippen molar-refractivity contribution in [3.63, 3.8) is 0 Å². The first kappa shape index (κ1) is 21.5. The summed E-state index contributed by atoms with van der Waals surface area (Å²) in [5.74, 6) is 1.68. The van der Waals surface area contributed by atoms with Gasteiger partial charge in [-0.3, -0.25) is 9.78 Å². The third kappa shape index (κ3) is 4.77. The molecule has 164 valence electrons. The maximum absolute atomic E-state index is 12.1. The zero-order chi connectivity index (χ0) is 22.3. The fourth-order valence-electron chi connectivity index (χ4n) is 3.53. The Morgan fingerprint density at radius 1 is 1.09 bits per heavy atom. The van der Waals surface area contributed by atoms with Crippen molar-refractivity contribution in [1.29, 1.82) is 0 Å². The Morgan fingerprint density at radius 3 is 2.66 bits per heavy atom. The minimum Gasteiger partial charge on any atom is -0.291 e. The number of hydrogen-bond donors (Lipinski definition) is 1. The molecule has 9 heteroatoms. The van der Waals surface area contributed by atoms with Gasteiger partial charge in [0.15, 0.2) is 5.82 Å². The van der Waals surface area contributed by atoms with Crippen LogP contribution in [0, 0.1) is 0 Å². The van der Waals surface area contributed by atoms with Crippen molar-refractivity contribution in [1.82, 2.24) is 40.4 Å². The molecule has 0 saturated heterocycles. The first-order valence-corrected chi connectivity index (χ1v) is 10.9. The summed E-state index contributed by atoms with van der Waals surface area (Å²) in [6.45, 7) is 4.77. The van der Waals surface area contributed by atoms with E-state index >= 15 is 0 Å². The average Bonchev–Trinajstić information content (AvgIpc) is 3.50. The number of pyridine rings is 1. The second kappa shape index (κ2) is 10.0. The van der Waals surface area contributed by atoms with Crippen molar-refractivity contribution in [2.24, 2.45) is 0 Å². The van der Waals surface area contributed by atoms with Crippen LogP contribution in [0.1, 0.15) is 61.5 Å². The number of ketones is 1. The number of carbonyl (C=O) groups is 1. The number of H-pyrrole nitrogens is 1. The summed E-state index contributed by atoms with van der Waals surface area (Å²) in [6, 6.07) is 12.0. The van der Waals surface area contributed by atoms with Crippen molar-refractivity contribution in [2.75, 3.05) is 0 Å². The van der Waals surface area contributed by atoms with Crippen LogP contribution in [0.25, 0.3) is 22.6 Å². The van der Waals surface area contributed by atoms with Crippen LogP contribution in [0.5, 0.6) is 0 Å². The molecule has 0 bridgehead atoms. The lowest BCUT2D eigenvalue weighted by Gasteiger charge is -2.08. The van der Waals surface area contributed by atoms with Gasteiger partial charge >= 0.3 is 0 Å². The maximum Gasteiger partial charge on any atom is 0.217 e. The number of nitrogens with one attached hydrogen (secondary N) is 1. The highest BCUT2D eigenvalue weighted by Gasteiger charge is 2.16. The third-order valence-corrected chi connectivity index (χ3v) is 5.29. The standard InChI is InChI=1S/C23H26N8O/c1-3-5-6-14-31-20(25-23(28-31)19(32)4-2)15-16-9-11-17(12-10-16)21-18(8-7-13-24-21)22-26-29-30-27-22/h7-13H,3-6,14-15H2,1-2H3,(H,26,27,29,30). The van der Waals surface area contributed by atoms with Crippen LogP contribution in [0.3, 0.4) is 0 Å². The van der Waals surface area contributed by atoms with E-state index in [9.17, 15) is 4.79 Å². The van der Waals surface area contributed by atoms with Crippen LogP contribution >= 0.6 is 0 Å². The molecule has 1 N–H and O–H groups in total. The van der Waals surface area contributed by atoms with Crippen LogP contribution in [-0.2, 0) is 13.0 Å². The minimum atomic E-state index is -0.0274. The van der Waals surface area contributed by atoms with Crippen LogP contribution in [0.2, 0.25) is 0 Å². The van der Waals surface area contributed by atoms with Gasteiger partial charge in [-0.15, -0.1) is 10.2 Å². The molecule has 0 aliphatic rings. The Kier molecular flexibility index (Phi) is 6.74. The summed E-state index contributed by atoms with van der Waals surface area (Å²) in [4.78, 5) is 21.2. The van der Waals surface area contributed by atoms with Gasteiger partial charge in [0.1, 0.15) is 5.82 Å². The summed E-state index contributed by atoms with van der Waals surface area (Å²) in [6.07, 6.45) is 6.04. The average molecular weight is 431 g/mol. The lowest BCUT2D eigenvalue weighted by Crippen LogP contribution is -2.07. The number of carbonyl (C=O) groups excluding carboxylic acids is 1. The van der Waals surface area contributed by atoms with E-state index in [4.69, 9.17) is 0 Å². The molecule has 4 rings (SSSR count). The fourth-order valence-corrected chi connectivity index (χ4v) is 3.53. The number of aryl methyl sites for hydroxylation is 1. The van der Waals surface area contributed by atoms with Crippen molar-refractivity contribution in [2.45, 2.75) is 52.5 Å². The highest BCUT2D eigenvalue weighted by molar-refractivity contribution is 5.92. The molecule has 0 unspecified atom stereocenters. The normalized spacial score (nSPS) is 11.1. The Labute approximate surface area is 186 Å². The second-order valence-corrected chi connectivity index (χ2v) is 7.58. The second-order valence-electron chi connectivity index (χ2n) is 7.58. The largest absolute Gasteiger partial charge is 0.291 e. The van der Waals surface area contributed by atoms with Gasteiger partial charge < -0.3 is 0 Å². The number of aromatic amines is 1. The maximum atomic E-state index is 12.1. The van der Waals surface area contributed by atoms with Crippen LogP contribution < -0.4 is 0 Å². The Hall–Kier alpha value is -3.75. The molecule has 0 aliphatic heterocycles. The van der Waals surface area contributed by atoms with Crippen molar-refractivity contribution in [3.8, 4) is 22.6 Å². The van der Waals surface area contributed by atoms with E-state index in [-0.39, 0.29) is 5.78 Å².